The lowest BCUT2D eigenvalue weighted by atomic mass is 9.97. The van der Waals surface area contributed by atoms with Gasteiger partial charge in [-0.2, -0.15) is 0 Å². The highest BCUT2D eigenvalue weighted by atomic mass is 15.2. The van der Waals surface area contributed by atoms with Crippen LogP contribution in [0.25, 0.3) is 10.8 Å². The first-order valence-electron chi connectivity index (χ1n) is 8.18. The van der Waals surface area contributed by atoms with Crippen LogP contribution in [0.3, 0.4) is 0 Å². The summed E-state index contributed by atoms with van der Waals surface area (Å²) in [4.78, 5) is 2.60. The molecule has 0 bridgehead atoms. The molecule has 1 fully saturated rings. The number of nitrogens with one attached hydrogen (secondary N) is 1. The van der Waals surface area contributed by atoms with Crippen LogP contribution in [-0.2, 0) is 0 Å². The van der Waals surface area contributed by atoms with E-state index in [1.807, 2.05) is 0 Å². The van der Waals surface area contributed by atoms with E-state index in [1.165, 1.54) is 22.9 Å². The molecule has 21 heavy (non-hydrogen) atoms. The number of fused-ring (bicyclic) bond motifs is 1. The number of hydrogen-bond acceptors (Lipinski definition) is 2. The Bertz CT molecular complexity index is 605. The van der Waals surface area contributed by atoms with E-state index in [9.17, 15) is 0 Å². The molecule has 1 aliphatic rings. The molecule has 1 aliphatic heterocycles. The summed E-state index contributed by atoms with van der Waals surface area (Å²) in [6.45, 7) is 9.10. The van der Waals surface area contributed by atoms with E-state index in [1.54, 1.807) is 0 Å². The summed E-state index contributed by atoms with van der Waals surface area (Å²) in [5.41, 5.74) is 1.37. The molecule has 0 radical (unpaired) electrons. The molecule has 0 saturated carbocycles. The van der Waals surface area contributed by atoms with Crippen molar-refractivity contribution in [3.8, 4) is 0 Å². The van der Waals surface area contributed by atoms with Gasteiger partial charge in [-0.3, -0.25) is 0 Å². The summed E-state index contributed by atoms with van der Waals surface area (Å²) < 4.78 is 0. The molecule has 2 aromatic rings. The smallest absolute Gasteiger partial charge is 0.0412 e. The summed E-state index contributed by atoms with van der Waals surface area (Å²) in [5.74, 6) is 0.672. The molecule has 2 aromatic carbocycles. The lowest BCUT2D eigenvalue weighted by molar-refractivity contribution is 0.325. The van der Waals surface area contributed by atoms with Gasteiger partial charge in [0.05, 0.1) is 0 Å². The Morgan fingerprint density at radius 1 is 1.14 bits per heavy atom. The maximum atomic E-state index is 3.71. The summed E-state index contributed by atoms with van der Waals surface area (Å²) in [6.07, 6.45) is 1.19. The van der Waals surface area contributed by atoms with Gasteiger partial charge in [-0.25, -0.2) is 0 Å². The Balaban J connectivity index is 1.93. The molecule has 0 amide bonds. The van der Waals surface area contributed by atoms with Crippen molar-refractivity contribution in [1.29, 1.82) is 0 Å². The normalized spacial score (nSPS) is 23.0. The van der Waals surface area contributed by atoms with Gasteiger partial charge in [0.1, 0.15) is 0 Å². The van der Waals surface area contributed by atoms with E-state index in [-0.39, 0.29) is 0 Å². The SMILES string of the molecule is CCC1CNC(C(C)C)CN1c1ccc2ccccc2c1. The number of anilines is 1. The molecule has 2 atom stereocenters. The zero-order valence-corrected chi connectivity index (χ0v) is 13.3. The first-order chi connectivity index (χ1) is 10.2. The quantitative estimate of drug-likeness (QED) is 0.913. The van der Waals surface area contributed by atoms with Crippen molar-refractivity contribution in [2.24, 2.45) is 5.92 Å². The van der Waals surface area contributed by atoms with E-state index in [4.69, 9.17) is 0 Å². The summed E-state index contributed by atoms with van der Waals surface area (Å²) in [5, 5.41) is 6.38. The largest absolute Gasteiger partial charge is 0.366 e. The van der Waals surface area contributed by atoms with Gasteiger partial charge in [0, 0.05) is 30.9 Å². The zero-order valence-electron chi connectivity index (χ0n) is 13.3. The van der Waals surface area contributed by atoms with Crippen molar-refractivity contribution in [2.75, 3.05) is 18.0 Å². The van der Waals surface area contributed by atoms with Crippen molar-refractivity contribution in [3.05, 3.63) is 42.5 Å². The van der Waals surface area contributed by atoms with E-state index < -0.39 is 0 Å². The lowest BCUT2D eigenvalue weighted by Crippen LogP contribution is -2.58. The van der Waals surface area contributed by atoms with Crippen LogP contribution < -0.4 is 10.2 Å². The zero-order chi connectivity index (χ0) is 14.8. The van der Waals surface area contributed by atoms with Gasteiger partial charge in [-0.1, -0.05) is 51.1 Å². The van der Waals surface area contributed by atoms with Crippen LogP contribution in [0.2, 0.25) is 0 Å². The van der Waals surface area contributed by atoms with Crippen LogP contribution in [-0.4, -0.2) is 25.2 Å². The molecule has 0 aliphatic carbocycles. The molecular weight excluding hydrogens is 256 g/mol. The van der Waals surface area contributed by atoms with Crippen LogP contribution in [0, 0.1) is 5.92 Å². The van der Waals surface area contributed by atoms with Gasteiger partial charge in [0.25, 0.3) is 0 Å². The second-order valence-electron chi connectivity index (χ2n) is 6.50. The Labute approximate surface area is 128 Å². The fourth-order valence-corrected chi connectivity index (χ4v) is 3.31. The molecule has 2 nitrogen and oxygen atoms in total. The number of hydrogen-bond donors (Lipinski definition) is 1. The predicted molar refractivity (Wildman–Crippen MR) is 92.0 cm³/mol. The number of benzene rings is 2. The van der Waals surface area contributed by atoms with Gasteiger partial charge < -0.3 is 10.2 Å². The summed E-state index contributed by atoms with van der Waals surface area (Å²) in [7, 11) is 0. The highest BCUT2D eigenvalue weighted by molar-refractivity contribution is 5.85. The van der Waals surface area contributed by atoms with E-state index in [0.717, 1.165) is 13.1 Å². The monoisotopic (exact) mass is 282 g/mol. The predicted octanol–water partition coefficient (Wildman–Crippen LogP) is 4.05. The van der Waals surface area contributed by atoms with Crippen molar-refractivity contribution < 1.29 is 0 Å². The minimum atomic E-state index is 0.583. The maximum absolute atomic E-state index is 3.71. The topological polar surface area (TPSA) is 15.3 Å². The fraction of sp³-hybridized carbons (Fsp3) is 0.474. The van der Waals surface area contributed by atoms with Gasteiger partial charge in [0.15, 0.2) is 0 Å². The van der Waals surface area contributed by atoms with Crippen LogP contribution in [0.4, 0.5) is 5.69 Å². The lowest BCUT2D eigenvalue weighted by Gasteiger charge is -2.43. The maximum Gasteiger partial charge on any atom is 0.0412 e. The van der Waals surface area contributed by atoms with Gasteiger partial charge >= 0.3 is 0 Å². The molecular formula is C19H26N2. The first-order valence-corrected chi connectivity index (χ1v) is 8.18. The number of rotatable bonds is 3. The molecule has 1 N–H and O–H groups in total. The molecule has 0 aromatic heterocycles. The average Bonchev–Trinajstić information content (AvgIpc) is 2.53. The molecule has 1 saturated heterocycles. The molecule has 112 valence electrons. The molecule has 1 heterocycles. The fourth-order valence-electron chi connectivity index (χ4n) is 3.31. The first kappa shape index (κ1) is 14.4. The van der Waals surface area contributed by atoms with Gasteiger partial charge in [-0.05, 0) is 35.2 Å². The Kier molecular flexibility index (Phi) is 4.16. The van der Waals surface area contributed by atoms with Crippen LogP contribution in [0.1, 0.15) is 27.2 Å². The molecule has 2 heteroatoms. The average molecular weight is 282 g/mol. The standard InChI is InChI=1S/C19H26N2/c1-4-17-12-20-19(14(2)3)13-21(17)18-10-9-15-7-5-6-8-16(15)11-18/h5-11,14,17,19-20H,4,12-13H2,1-3H3. The molecule has 3 rings (SSSR count). The Morgan fingerprint density at radius 2 is 1.90 bits per heavy atom. The molecule has 0 spiro atoms. The minimum Gasteiger partial charge on any atom is -0.366 e. The van der Waals surface area contributed by atoms with Crippen molar-refractivity contribution in [3.63, 3.8) is 0 Å². The number of nitrogens with zero attached hydrogens (tertiary/aromatic N) is 1. The van der Waals surface area contributed by atoms with Crippen LogP contribution in [0.15, 0.2) is 42.5 Å². The minimum absolute atomic E-state index is 0.583. The summed E-state index contributed by atoms with van der Waals surface area (Å²) >= 11 is 0. The Morgan fingerprint density at radius 3 is 2.62 bits per heavy atom. The van der Waals surface area contributed by atoms with E-state index in [2.05, 4.69) is 73.5 Å². The van der Waals surface area contributed by atoms with Crippen molar-refractivity contribution >= 4 is 16.5 Å². The number of piperazine rings is 1. The van der Waals surface area contributed by atoms with Crippen LogP contribution >= 0.6 is 0 Å². The third-order valence-corrected chi connectivity index (χ3v) is 4.79. The summed E-state index contributed by atoms with van der Waals surface area (Å²) in [6, 6.07) is 16.7. The van der Waals surface area contributed by atoms with Crippen molar-refractivity contribution in [1.82, 2.24) is 5.32 Å². The van der Waals surface area contributed by atoms with E-state index in [0.29, 0.717) is 18.0 Å². The second kappa shape index (κ2) is 6.07. The van der Waals surface area contributed by atoms with Crippen LogP contribution in [0.5, 0.6) is 0 Å². The second-order valence-corrected chi connectivity index (χ2v) is 6.50. The third-order valence-electron chi connectivity index (χ3n) is 4.79. The van der Waals surface area contributed by atoms with Gasteiger partial charge in [0.2, 0.25) is 0 Å². The highest BCUT2D eigenvalue weighted by Crippen LogP contribution is 2.27. The highest BCUT2D eigenvalue weighted by Gasteiger charge is 2.28. The van der Waals surface area contributed by atoms with E-state index >= 15 is 0 Å². The van der Waals surface area contributed by atoms with Crippen molar-refractivity contribution in [2.45, 2.75) is 39.3 Å². The molecule has 2 unspecified atom stereocenters. The third kappa shape index (κ3) is 2.91. The van der Waals surface area contributed by atoms with Gasteiger partial charge in [-0.15, -0.1) is 0 Å². The Hall–Kier alpha value is -1.54.